The van der Waals surface area contributed by atoms with Crippen molar-refractivity contribution < 1.29 is 9.59 Å². The molecule has 1 aliphatic carbocycles. The zero-order valence-electron chi connectivity index (χ0n) is 12.9. The van der Waals surface area contributed by atoms with Crippen LogP contribution in [0, 0.1) is 5.92 Å². The first-order valence-electron chi connectivity index (χ1n) is 8.09. The van der Waals surface area contributed by atoms with Gasteiger partial charge < -0.3 is 14.4 Å². The zero-order valence-corrected chi connectivity index (χ0v) is 12.9. The molecule has 0 N–H and O–H groups in total. The van der Waals surface area contributed by atoms with Gasteiger partial charge in [-0.05, 0) is 25.2 Å². The maximum absolute atomic E-state index is 12.6. The first kappa shape index (κ1) is 13.7. The number of carbonyl (C=O) groups is 2. The fraction of sp³-hybridized carbons (Fsp3) is 0.733. The van der Waals surface area contributed by atoms with Crippen LogP contribution in [0.2, 0.25) is 0 Å². The standard InChI is InChI=1S/C15H21N5O2/c1-18-11(4-5-14(18)21)15(22)19-6-7-20-12(8-10-2-3-10)16-17-13(20)9-19/h10-11H,2-9H2,1H3/t11-/m1/s1. The van der Waals surface area contributed by atoms with Gasteiger partial charge in [0, 0.05) is 33.0 Å². The second-order valence-corrected chi connectivity index (χ2v) is 6.65. The third-order valence-electron chi connectivity index (χ3n) is 5.09. The van der Waals surface area contributed by atoms with Crippen molar-refractivity contribution in [3.8, 4) is 0 Å². The SMILES string of the molecule is CN1C(=O)CC[C@@H]1C(=O)N1CCn2c(CC3CC3)nnc2C1. The lowest BCUT2D eigenvalue weighted by molar-refractivity contribution is -0.141. The molecule has 2 fully saturated rings. The molecule has 118 valence electrons. The van der Waals surface area contributed by atoms with E-state index in [1.807, 2.05) is 4.90 Å². The van der Waals surface area contributed by atoms with Crippen LogP contribution in [0.1, 0.15) is 37.3 Å². The molecule has 2 amide bonds. The molecule has 4 rings (SSSR count). The maximum atomic E-state index is 12.6. The van der Waals surface area contributed by atoms with Gasteiger partial charge in [0.25, 0.3) is 0 Å². The van der Waals surface area contributed by atoms with E-state index in [0.29, 0.717) is 25.9 Å². The van der Waals surface area contributed by atoms with Crippen LogP contribution in [-0.2, 0) is 29.1 Å². The number of fused-ring (bicyclic) bond motifs is 1. The highest BCUT2D eigenvalue weighted by Gasteiger charge is 2.37. The van der Waals surface area contributed by atoms with E-state index in [-0.39, 0.29) is 17.9 Å². The molecule has 7 nitrogen and oxygen atoms in total. The monoisotopic (exact) mass is 303 g/mol. The zero-order chi connectivity index (χ0) is 15.3. The van der Waals surface area contributed by atoms with E-state index in [0.717, 1.165) is 30.5 Å². The number of aromatic nitrogens is 3. The number of rotatable bonds is 3. The van der Waals surface area contributed by atoms with Crippen molar-refractivity contribution in [1.82, 2.24) is 24.6 Å². The molecule has 0 spiro atoms. The van der Waals surface area contributed by atoms with Crippen molar-refractivity contribution in [1.29, 1.82) is 0 Å². The van der Waals surface area contributed by atoms with Gasteiger partial charge in [0.15, 0.2) is 5.82 Å². The number of carbonyl (C=O) groups excluding carboxylic acids is 2. The Morgan fingerprint density at radius 2 is 2.05 bits per heavy atom. The molecule has 7 heteroatoms. The predicted molar refractivity (Wildman–Crippen MR) is 77.7 cm³/mol. The van der Waals surface area contributed by atoms with E-state index in [4.69, 9.17) is 0 Å². The molecule has 3 heterocycles. The first-order chi connectivity index (χ1) is 10.6. The van der Waals surface area contributed by atoms with Gasteiger partial charge in [-0.1, -0.05) is 0 Å². The Labute approximate surface area is 129 Å². The molecule has 1 atom stereocenters. The smallest absolute Gasteiger partial charge is 0.245 e. The van der Waals surface area contributed by atoms with Gasteiger partial charge in [0.1, 0.15) is 11.9 Å². The van der Waals surface area contributed by atoms with Crippen molar-refractivity contribution in [2.45, 2.75) is 51.2 Å². The molecule has 2 aliphatic heterocycles. The van der Waals surface area contributed by atoms with Crippen LogP contribution in [0.15, 0.2) is 0 Å². The molecule has 22 heavy (non-hydrogen) atoms. The van der Waals surface area contributed by atoms with Crippen LogP contribution < -0.4 is 0 Å². The van der Waals surface area contributed by atoms with Crippen LogP contribution in [0.3, 0.4) is 0 Å². The topological polar surface area (TPSA) is 71.3 Å². The van der Waals surface area contributed by atoms with Crippen LogP contribution >= 0.6 is 0 Å². The van der Waals surface area contributed by atoms with Crippen molar-refractivity contribution in [2.75, 3.05) is 13.6 Å². The largest absolute Gasteiger partial charge is 0.334 e. The Balaban J connectivity index is 1.46. The lowest BCUT2D eigenvalue weighted by Gasteiger charge is -2.31. The highest BCUT2D eigenvalue weighted by molar-refractivity contribution is 5.90. The van der Waals surface area contributed by atoms with Crippen LogP contribution in [0.25, 0.3) is 0 Å². The summed E-state index contributed by atoms with van der Waals surface area (Å²) in [4.78, 5) is 27.7. The van der Waals surface area contributed by atoms with Crippen molar-refractivity contribution in [3.05, 3.63) is 11.6 Å². The number of hydrogen-bond acceptors (Lipinski definition) is 4. The minimum atomic E-state index is -0.298. The second-order valence-electron chi connectivity index (χ2n) is 6.65. The third kappa shape index (κ3) is 2.28. The summed E-state index contributed by atoms with van der Waals surface area (Å²) in [5.74, 6) is 2.84. The Morgan fingerprint density at radius 3 is 2.73 bits per heavy atom. The number of likely N-dealkylation sites (N-methyl/N-ethyl adjacent to an activating group) is 1. The highest BCUT2D eigenvalue weighted by atomic mass is 16.2. The minimum absolute atomic E-state index is 0.0475. The number of amides is 2. The number of likely N-dealkylation sites (tertiary alicyclic amines) is 1. The average Bonchev–Trinajstić information content (AvgIpc) is 3.16. The van der Waals surface area contributed by atoms with Gasteiger partial charge in [-0.25, -0.2) is 0 Å². The van der Waals surface area contributed by atoms with E-state index in [1.165, 1.54) is 12.8 Å². The molecule has 0 bridgehead atoms. The van der Waals surface area contributed by atoms with Gasteiger partial charge >= 0.3 is 0 Å². The fourth-order valence-electron chi connectivity index (χ4n) is 3.44. The predicted octanol–water partition coefficient (Wildman–Crippen LogP) is 0.194. The summed E-state index contributed by atoms with van der Waals surface area (Å²) in [7, 11) is 1.72. The molecule has 1 aromatic heterocycles. The van der Waals surface area contributed by atoms with Crippen LogP contribution in [0.4, 0.5) is 0 Å². The summed E-state index contributed by atoms with van der Waals surface area (Å²) in [5.41, 5.74) is 0. The van der Waals surface area contributed by atoms with Gasteiger partial charge in [0.2, 0.25) is 11.8 Å². The fourth-order valence-corrected chi connectivity index (χ4v) is 3.44. The number of nitrogens with zero attached hydrogens (tertiary/aromatic N) is 5. The molecule has 0 radical (unpaired) electrons. The lowest BCUT2D eigenvalue weighted by atomic mass is 10.1. The van der Waals surface area contributed by atoms with E-state index < -0.39 is 0 Å². The van der Waals surface area contributed by atoms with Gasteiger partial charge in [-0.15, -0.1) is 10.2 Å². The summed E-state index contributed by atoms with van der Waals surface area (Å²) >= 11 is 0. The van der Waals surface area contributed by atoms with E-state index in [9.17, 15) is 9.59 Å². The van der Waals surface area contributed by atoms with E-state index >= 15 is 0 Å². The quantitative estimate of drug-likeness (QED) is 0.799. The summed E-state index contributed by atoms with van der Waals surface area (Å²) in [6, 6.07) is -0.298. The van der Waals surface area contributed by atoms with E-state index in [1.54, 1.807) is 11.9 Å². The molecular weight excluding hydrogens is 282 g/mol. The lowest BCUT2D eigenvalue weighted by Crippen LogP contribution is -2.48. The Hall–Kier alpha value is -1.92. The third-order valence-corrected chi connectivity index (χ3v) is 5.09. The van der Waals surface area contributed by atoms with Gasteiger partial charge in [-0.3, -0.25) is 9.59 Å². The molecular formula is C15H21N5O2. The molecule has 3 aliphatic rings. The molecule has 0 unspecified atom stereocenters. The second kappa shape index (κ2) is 5.07. The van der Waals surface area contributed by atoms with Crippen LogP contribution in [0.5, 0.6) is 0 Å². The molecule has 1 saturated carbocycles. The summed E-state index contributed by atoms with van der Waals surface area (Å²) in [5, 5.41) is 8.58. The normalized spacial score (nSPS) is 24.8. The number of hydrogen-bond donors (Lipinski definition) is 0. The highest BCUT2D eigenvalue weighted by Crippen LogP contribution is 2.32. The van der Waals surface area contributed by atoms with Crippen LogP contribution in [-0.4, -0.2) is 56.0 Å². The van der Waals surface area contributed by atoms with Crippen molar-refractivity contribution >= 4 is 11.8 Å². The van der Waals surface area contributed by atoms with Crippen molar-refractivity contribution in [3.63, 3.8) is 0 Å². The van der Waals surface area contributed by atoms with Crippen molar-refractivity contribution in [2.24, 2.45) is 5.92 Å². The molecule has 1 aromatic rings. The Kier molecular flexibility index (Phi) is 3.16. The first-order valence-corrected chi connectivity index (χ1v) is 8.09. The summed E-state index contributed by atoms with van der Waals surface area (Å²) < 4.78 is 2.17. The summed E-state index contributed by atoms with van der Waals surface area (Å²) in [6.07, 6.45) is 4.72. The Morgan fingerprint density at radius 1 is 1.23 bits per heavy atom. The van der Waals surface area contributed by atoms with Gasteiger partial charge in [0.05, 0.1) is 6.54 Å². The van der Waals surface area contributed by atoms with E-state index in [2.05, 4.69) is 14.8 Å². The molecule has 0 aromatic carbocycles. The molecule has 1 saturated heterocycles. The summed E-state index contributed by atoms with van der Waals surface area (Å²) in [6.45, 7) is 1.95. The maximum Gasteiger partial charge on any atom is 0.245 e. The Bertz CT molecular complexity index is 621. The average molecular weight is 303 g/mol. The minimum Gasteiger partial charge on any atom is -0.334 e. The van der Waals surface area contributed by atoms with Gasteiger partial charge in [-0.2, -0.15) is 0 Å².